The fourth-order valence-electron chi connectivity index (χ4n) is 5.60. The number of nitrogens with zero attached hydrogens (tertiary/aromatic N) is 3. The molecular formula is C33H35FN4O2. The van der Waals surface area contributed by atoms with Gasteiger partial charge in [-0.3, -0.25) is 9.59 Å². The van der Waals surface area contributed by atoms with Gasteiger partial charge in [-0.05, 0) is 80.5 Å². The van der Waals surface area contributed by atoms with E-state index in [9.17, 15) is 14.0 Å². The lowest BCUT2D eigenvalue weighted by Gasteiger charge is -2.29. The quantitative estimate of drug-likeness (QED) is 0.250. The van der Waals surface area contributed by atoms with Gasteiger partial charge >= 0.3 is 0 Å². The number of fused-ring (bicyclic) bond motifs is 1. The molecule has 0 unspecified atom stereocenters. The summed E-state index contributed by atoms with van der Waals surface area (Å²) in [5.74, 6) is 1.53. The molecule has 0 atom stereocenters. The highest BCUT2D eigenvalue weighted by Gasteiger charge is 2.25. The molecule has 1 fully saturated rings. The van der Waals surface area contributed by atoms with Crippen LogP contribution < -0.4 is 10.2 Å². The van der Waals surface area contributed by atoms with Crippen molar-refractivity contribution in [2.24, 2.45) is 5.92 Å². The van der Waals surface area contributed by atoms with Gasteiger partial charge in [-0.25, -0.2) is 14.4 Å². The van der Waals surface area contributed by atoms with Crippen molar-refractivity contribution in [3.63, 3.8) is 0 Å². The smallest absolute Gasteiger partial charge is 0.252 e. The minimum Gasteiger partial charge on any atom is -0.362 e. The third-order valence-corrected chi connectivity index (χ3v) is 7.77. The Bertz CT molecular complexity index is 1490. The van der Waals surface area contributed by atoms with E-state index in [1.807, 2.05) is 37.2 Å². The maximum Gasteiger partial charge on any atom is 0.252 e. The van der Waals surface area contributed by atoms with Gasteiger partial charge in [0.1, 0.15) is 17.5 Å². The standard InChI is InChI=1S/C33H35FN4O2/c1-38(2)32-28-11-5-6-12-29(28)36-30(37-32)13-7-8-22-14-20-25(21-15-22)35-33(40)27-10-4-3-9-26(27)31(39)23-16-18-24(34)19-17-23/h3-6,9-12,16-19,22,25H,7-8,13-15,20-21H2,1-2H3,(H,35,40). The molecule has 0 aliphatic heterocycles. The number of halogens is 1. The number of carbonyl (C=O) groups excluding carboxylic acids is 2. The predicted molar refractivity (Wildman–Crippen MR) is 156 cm³/mol. The third kappa shape index (κ3) is 6.36. The number of amides is 1. The molecule has 0 bridgehead atoms. The highest BCUT2D eigenvalue weighted by Crippen LogP contribution is 2.29. The Kier molecular flexibility index (Phi) is 8.48. The van der Waals surface area contributed by atoms with Crippen LogP contribution in [0.5, 0.6) is 0 Å². The SMILES string of the molecule is CN(C)c1nc(CCCC2CCC(NC(=O)c3ccccc3C(=O)c3ccc(F)cc3)CC2)nc2ccccc12. The van der Waals surface area contributed by atoms with Gasteiger partial charge in [0.2, 0.25) is 0 Å². The normalized spacial score (nSPS) is 17.0. The first-order valence-electron chi connectivity index (χ1n) is 14.0. The molecule has 0 saturated heterocycles. The molecule has 1 saturated carbocycles. The van der Waals surface area contributed by atoms with Crippen LogP contribution >= 0.6 is 0 Å². The van der Waals surface area contributed by atoms with E-state index in [0.29, 0.717) is 22.6 Å². The summed E-state index contributed by atoms with van der Waals surface area (Å²) in [4.78, 5) is 37.8. The summed E-state index contributed by atoms with van der Waals surface area (Å²) in [6.45, 7) is 0. The number of carbonyl (C=O) groups is 2. The highest BCUT2D eigenvalue weighted by molar-refractivity contribution is 6.15. The second kappa shape index (κ2) is 12.4. The van der Waals surface area contributed by atoms with Crippen molar-refractivity contribution in [3.05, 3.63) is 101 Å². The zero-order valence-corrected chi connectivity index (χ0v) is 23.1. The number of anilines is 1. The van der Waals surface area contributed by atoms with Crippen molar-refractivity contribution in [2.45, 2.75) is 51.0 Å². The number of rotatable bonds is 9. The molecule has 206 valence electrons. The summed E-state index contributed by atoms with van der Waals surface area (Å²) >= 11 is 0. The molecule has 6 nitrogen and oxygen atoms in total. The average molecular weight is 539 g/mol. The highest BCUT2D eigenvalue weighted by atomic mass is 19.1. The molecular weight excluding hydrogens is 503 g/mol. The minimum atomic E-state index is -0.404. The minimum absolute atomic E-state index is 0.0872. The van der Waals surface area contributed by atoms with Crippen molar-refractivity contribution >= 4 is 28.4 Å². The second-order valence-electron chi connectivity index (χ2n) is 10.8. The number of aromatic nitrogens is 2. The van der Waals surface area contributed by atoms with E-state index in [0.717, 1.165) is 67.5 Å². The largest absolute Gasteiger partial charge is 0.362 e. The molecule has 1 amide bonds. The van der Waals surface area contributed by atoms with E-state index in [2.05, 4.69) is 11.4 Å². The van der Waals surface area contributed by atoms with Gasteiger partial charge in [-0.1, -0.05) is 36.8 Å². The predicted octanol–water partition coefficient (Wildman–Crippen LogP) is 6.38. The number of hydrogen-bond acceptors (Lipinski definition) is 5. The molecule has 5 rings (SSSR count). The van der Waals surface area contributed by atoms with Crippen LogP contribution in [0.15, 0.2) is 72.8 Å². The van der Waals surface area contributed by atoms with Crippen LogP contribution in [-0.4, -0.2) is 41.8 Å². The third-order valence-electron chi connectivity index (χ3n) is 7.77. The molecule has 1 heterocycles. The second-order valence-corrected chi connectivity index (χ2v) is 10.8. The monoisotopic (exact) mass is 538 g/mol. The van der Waals surface area contributed by atoms with Gasteiger partial charge in [-0.2, -0.15) is 0 Å². The summed E-state index contributed by atoms with van der Waals surface area (Å²) in [6, 6.07) is 20.4. The summed E-state index contributed by atoms with van der Waals surface area (Å²) in [7, 11) is 4.02. The molecule has 3 aromatic carbocycles. The Morgan fingerprint density at radius 2 is 1.55 bits per heavy atom. The fourth-order valence-corrected chi connectivity index (χ4v) is 5.60. The van der Waals surface area contributed by atoms with E-state index in [1.54, 1.807) is 24.3 Å². The zero-order chi connectivity index (χ0) is 28.1. The summed E-state index contributed by atoms with van der Waals surface area (Å²) in [6.07, 6.45) is 6.95. The molecule has 1 N–H and O–H groups in total. The number of ketones is 1. The number of benzene rings is 3. The number of aryl methyl sites for hydroxylation is 1. The average Bonchev–Trinajstić information content (AvgIpc) is 2.97. The Labute approximate surface area is 234 Å². The van der Waals surface area contributed by atoms with Crippen LogP contribution in [0.4, 0.5) is 10.2 Å². The fraction of sp³-hybridized carbons (Fsp3) is 0.333. The number of para-hydroxylation sites is 1. The van der Waals surface area contributed by atoms with Crippen molar-refractivity contribution in [3.8, 4) is 0 Å². The van der Waals surface area contributed by atoms with Crippen LogP contribution in [0.3, 0.4) is 0 Å². The van der Waals surface area contributed by atoms with E-state index in [-0.39, 0.29) is 17.7 Å². The molecule has 7 heteroatoms. The van der Waals surface area contributed by atoms with Crippen LogP contribution in [0.25, 0.3) is 10.9 Å². The lowest BCUT2D eigenvalue weighted by atomic mass is 9.83. The Morgan fingerprint density at radius 1 is 0.875 bits per heavy atom. The first-order chi connectivity index (χ1) is 19.4. The maximum absolute atomic E-state index is 13.3. The van der Waals surface area contributed by atoms with Crippen molar-refractivity contribution < 1.29 is 14.0 Å². The molecule has 1 aromatic heterocycles. The lowest BCUT2D eigenvalue weighted by Crippen LogP contribution is -2.38. The Morgan fingerprint density at radius 3 is 2.27 bits per heavy atom. The molecule has 1 aliphatic carbocycles. The van der Waals surface area contributed by atoms with E-state index >= 15 is 0 Å². The molecule has 1 aliphatic rings. The molecule has 40 heavy (non-hydrogen) atoms. The molecule has 4 aromatic rings. The zero-order valence-electron chi connectivity index (χ0n) is 23.1. The summed E-state index contributed by atoms with van der Waals surface area (Å²) < 4.78 is 13.3. The first kappa shape index (κ1) is 27.4. The molecule has 0 radical (unpaired) electrons. The van der Waals surface area contributed by atoms with E-state index in [1.165, 1.54) is 24.3 Å². The van der Waals surface area contributed by atoms with Crippen LogP contribution in [-0.2, 0) is 6.42 Å². The van der Waals surface area contributed by atoms with Gasteiger partial charge in [0.05, 0.1) is 11.1 Å². The van der Waals surface area contributed by atoms with Crippen LogP contribution in [0.1, 0.15) is 70.6 Å². The summed E-state index contributed by atoms with van der Waals surface area (Å²) in [5, 5.41) is 4.22. The molecule has 0 spiro atoms. The van der Waals surface area contributed by atoms with E-state index < -0.39 is 5.82 Å². The van der Waals surface area contributed by atoms with Crippen molar-refractivity contribution in [1.82, 2.24) is 15.3 Å². The van der Waals surface area contributed by atoms with Crippen molar-refractivity contribution in [1.29, 1.82) is 0 Å². The van der Waals surface area contributed by atoms with Crippen molar-refractivity contribution in [2.75, 3.05) is 19.0 Å². The van der Waals surface area contributed by atoms with Gasteiger partial charge < -0.3 is 10.2 Å². The van der Waals surface area contributed by atoms with Crippen LogP contribution in [0.2, 0.25) is 0 Å². The topological polar surface area (TPSA) is 75.2 Å². The van der Waals surface area contributed by atoms with Crippen LogP contribution in [0, 0.1) is 11.7 Å². The van der Waals surface area contributed by atoms with Gasteiger partial charge in [0, 0.05) is 43.1 Å². The Hall–Kier alpha value is -4.13. The number of hydrogen-bond donors (Lipinski definition) is 1. The van der Waals surface area contributed by atoms with Gasteiger partial charge in [0.15, 0.2) is 5.78 Å². The summed E-state index contributed by atoms with van der Waals surface area (Å²) in [5.41, 5.74) is 2.02. The van der Waals surface area contributed by atoms with Gasteiger partial charge in [-0.15, -0.1) is 0 Å². The van der Waals surface area contributed by atoms with Gasteiger partial charge in [0.25, 0.3) is 5.91 Å². The number of nitrogens with one attached hydrogen (secondary N) is 1. The van der Waals surface area contributed by atoms with E-state index in [4.69, 9.17) is 9.97 Å². The maximum atomic E-state index is 13.3. The lowest BCUT2D eigenvalue weighted by molar-refractivity contribution is 0.0912. The Balaban J connectivity index is 1.13. The first-order valence-corrected chi connectivity index (χ1v) is 14.0.